The van der Waals surface area contributed by atoms with E-state index in [1.165, 1.54) is 17.7 Å². The average Bonchev–Trinajstić information content (AvgIpc) is 2.97. The van der Waals surface area contributed by atoms with Gasteiger partial charge in [0.1, 0.15) is 19.0 Å². The second-order valence-corrected chi connectivity index (χ2v) is 12.1. The lowest BCUT2D eigenvalue weighted by molar-refractivity contribution is -0.122. The summed E-state index contributed by atoms with van der Waals surface area (Å²) in [4.78, 5) is 12.2. The number of fused-ring (bicyclic) bond motifs is 1. The van der Waals surface area contributed by atoms with E-state index in [1.807, 2.05) is 18.2 Å². The summed E-state index contributed by atoms with van der Waals surface area (Å²) in [5.74, 6) is 1.31. The second-order valence-electron chi connectivity index (χ2n) is 9.81. The van der Waals surface area contributed by atoms with Gasteiger partial charge in [-0.15, -0.1) is 0 Å². The van der Waals surface area contributed by atoms with E-state index in [2.05, 4.69) is 24.3 Å². The van der Waals surface area contributed by atoms with E-state index < -0.39 is 20.5 Å². The number of ether oxygens (including phenoxy) is 4. The monoisotopic (exact) mass is 551 g/mol. The van der Waals surface area contributed by atoms with Crippen LogP contribution in [-0.2, 0) is 25.8 Å². The third-order valence-corrected chi connectivity index (χ3v) is 9.86. The summed E-state index contributed by atoms with van der Waals surface area (Å²) >= 11 is 0. The number of hydrogen-bond acceptors (Lipinski definition) is 7. The number of benzene rings is 3. The summed E-state index contributed by atoms with van der Waals surface area (Å²) in [5, 5.41) is 0. The lowest BCUT2D eigenvalue weighted by Crippen LogP contribution is -2.53. The average molecular weight is 552 g/mol. The van der Waals surface area contributed by atoms with E-state index in [1.54, 1.807) is 12.1 Å². The van der Waals surface area contributed by atoms with Crippen molar-refractivity contribution in [2.75, 3.05) is 33.0 Å². The molecule has 1 fully saturated rings. The summed E-state index contributed by atoms with van der Waals surface area (Å²) in [6.45, 7) is 2.02. The van der Waals surface area contributed by atoms with Crippen LogP contribution in [0, 0.1) is 0 Å². The quantitative estimate of drug-likeness (QED) is 0.373. The Morgan fingerprint density at radius 2 is 1.56 bits per heavy atom. The molecule has 39 heavy (non-hydrogen) atoms. The molecule has 9 heteroatoms. The SMILES string of the molecule is NC(=O)C1(S(=O)(=O)c2ccc(OCCCCc3cccc(-c4ccc5c(c4)OCCO5)c3)cc2)CCOCC1. The first-order valence-electron chi connectivity index (χ1n) is 13.2. The molecule has 2 aliphatic rings. The van der Waals surface area contributed by atoms with Crippen LogP contribution < -0.4 is 19.9 Å². The summed E-state index contributed by atoms with van der Waals surface area (Å²) in [7, 11) is -3.95. The standard InChI is InChI=1S/C30H33NO7S/c31-29(32)30(13-16-35-17-14-30)39(33,34)26-10-8-25(9-11-26)36-15-2-1-4-22-5-3-6-23(20-22)24-7-12-27-28(21-24)38-19-18-37-27/h3,5-12,20-21H,1-2,4,13-19H2,(H2,31,32). The van der Waals surface area contributed by atoms with Gasteiger partial charge in [0, 0.05) is 13.2 Å². The zero-order valence-corrected chi connectivity index (χ0v) is 22.6. The Labute approximate surface area is 228 Å². The largest absolute Gasteiger partial charge is 0.494 e. The number of carbonyl (C=O) groups excluding carboxylic acids is 1. The van der Waals surface area contributed by atoms with Gasteiger partial charge in [-0.3, -0.25) is 4.79 Å². The molecule has 0 aromatic heterocycles. The van der Waals surface area contributed by atoms with Gasteiger partial charge in [-0.05, 0) is 85.2 Å². The lowest BCUT2D eigenvalue weighted by Gasteiger charge is -2.33. The summed E-state index contributed by atoms with van der Waals surface area (Å²) < 4.78 is 47.3. The Morgan fingerprint density at radius 1 is 0.846 bits per heavy atom. The maximum Gasteiger partial charge on any atom is 0.239 e. The number of nitrogens with two attached hydrogens (primary N) is 1. The van der Waals surface area contributed by atoms with Gasteiger partial charge >= 0.3 is 0 Å². The highest BCUT2D eigenvalue weighted by Gasteiger charge is 2.51. The molecule has 2 N–H and O–H groups in total. The number of unbranched alkanes of at least 4 members (excludes halogenated alkanes) is 1. The Kier molecular flexibility index (Phi) is 8.09. The van der Waals surface area contributed by atoms with Crippen molar-refractivity contribution < 1.29 is 32.2 Å². The van der Waals surface area contributed by atoms with Crippen LogP contribution in [0.2, 0.25) is 0 Å². The molecule has 0 bridgehead atoms. The number of aryl methyl sites for hydroxylation is 1. The van der Waals surface area contributed by atoms with Gasteiger partial charge in [0.25, 0.3) is 0 Å². The zero-order valence-electron chi connectivity index (χ0n) is 21.8. The Hall–Kier alpha value is -3.56. The minimum Gasteiger partial charge on any atom is -0.494 e. The minimum absolute atomic E-state index is 0.0581. The molecule has 8 nitrogen and oxygen atoms in total. The molecule has 0 aliphatic carbocycles. The number of amides is 1. The van der Waals surface area contributed by atoms with Gasteiger partial charge in [0.15, 0.2) is 26.1 Å². The van der Waals surface area contributed by atoms with Gasteiger partial charge in [-0.1, -0.05) is 30.3 Å². The van der Waals surface area contributed by atoms with Crippen LogP contribution in [0.25, 0.3) is 11.1 Å². The molecule has 0 unspecified atom stereocenters. The van der Waals surface area contributed by atoms with E-state index in [4.69, 9.17) is 24.7 Å². The lowest BCUT2D eigenvalue weighted by atomic mass is 9.98. The molecular formula is C30H33NO7S. The molecule has 2 heterocycles. The highest BCUT2D eigenvalue weighted by Crippen LogP contribution is 2.36. The highest BCUT2D eigenvalue weighted by atomic mass is 32.2. The van der Waals surface area contributed by atoms with Crippen LogP contribution in [0.15, 0.2) is 71.6 Å². The molecule has 3 aromatic carbocycles. The number of carbonyl (C=O) groups is 1. The van der Waals surface area contributed by atoms with Crippen molar-refractivity contribution >= 4 is 15.7 Å². The van der Waals surface area contributed by atoms with Crippen LogP contribution in [0.4, 0.5) is 0 Å². The van der Waals surface area contributed by atoms with E-state index in [9.17, 15) is 13.2 Å². The third-order valence-electron chi connectivity index (χ3n) is 7.33. The van der Waals surface area contributed by atoms with Crippen molar-refractivity contribution in [2.45, 2.75) is 41.7 Å². The highest BCUT2D eigenvalue weighted by molar-refractivity contribution is 7.93. The summed E-state index contributed by atoms with van der Waals surface area (Å²) in [6.07, 6.45) is 2.82. The smallest absolute Gasteiger partial charge is 0.239 e. The normalized spacial score (nSPS) is 16.4. The zero-order chi connectivity index (χ0) is 27.3. The fourth-order valence-corrected chi connectivity index (χ4v) is 6.95. The molecule has 5 rings (SSSR count). The number of hydrogen-bond donors (Lipinski definition) is 1. The van der Waals surface area contributed by atoms with Crippen LogP contribution in [0.5, 0.6) is 17.2 Å². The molecule has 0 saturated carbocycles. The van der Waals surface area contributed by atoms with Gasteiger partial charge < -0.3 is 24.7 Å². The molecule has 0 spiro atoms. The predicted molar refractivity (Wildman–Crippen MR) is 147 cm³/mol. The van der Waals surface area contributed by atoms with Gasteiger partial charge in [0.2, 0.25) is 5.91 Å². The minimum atomic E-state index is -3.95. The molecule has 0 radical (unpaired) electrons. The fourth-order valence-electron chi connectivity index (χ4n) is 5.04. The van der Waals surface area contributed by atoms with Crippen molar-refractivity contribution in [3.05, 3.63) is 72.3 Å². The van der Waals surface area contributed by atoms with Gasteiger partial charge in [0.05, 0.1) is 11.5 Å². The Morgan fingerprint density at radius 3 is 2.31 bits per heavy atom. The van der Waals surface area contributed by atoms with Crippen LogP contribution in [0.3, 0.4) is 0 Å². The van der Waals surface area contributed by atoms with Crippen LogP contribution in [0.1, 0.15) is 31.2 Å². The van der Waals surface area contributed by atoms with E-state index >= 15 is 0 Å². The first kappa shape index (κ1) is 27.0. The molecule has 2 aliphatic heterocycles. The van der Waals surface area contributed by atoms with Crippen LogP contribution >= 0.6 is 0 Å². The van der Waals surface area contributed by atoms with Crippen LogP contribution in [-0.4, -0.2) is 52.1 Å². The summed E-state index contributed by atoms with van der Waals surface area (Å²) in [5.41, 5.74) is 9.02. The molecular weight excluding hydrogens is 518 g/mol. The third kappa shape index (κ3) is 5.74. The van der Waals surface area contributed by atoms with Crippen molar-refractivity contribution in [1.29, 1.82) is 0 Å². The first-order chi connectivity index (χ1) is 18.9. The van der Waals surface area contributed by atoms with Gasteiger partial charge in [-0.25, -0.2) is 8.42 Å². The van der Waals surface area contributed by atoms with Gasteiger partial charge in [-0.2, -0.15) is 0 Å². The van der Waals surface area contributed by atoms with Crippen molar-refractivity contribution in [2.24, 2.45) is 5.73 Å². The topological polar surface area (TPSA) is 114 Å². The number of sulfone groups is 1. The second kappa shape index (κ2) is 11.7. The first-order valence-corrected chi connectivity index (χ1v) is 14.7. The molecule has 3 aromatic rings. The number of primary amides is 1. The van der Waals surface area contributed by atoms with Crippen molar-refractivity contribution in [3.63, 3.8) is 0 Å². The fraction of sp³-hybridized carbons (Fsp3) is 0.367. The molecule has 1 saturated heterocycles. The van der Waals surface area contributed by atoms with Crippen molar-refractivity contribution in [3.8, 4) is 28.4 Å². The predicted octanol–water partition coefficient (Wildman–Crippen LogP) is 4.33. The van der Waals surface area contributed by atoms with E-state index in [-0.39, 0.29) is 31.0 Å². The van der Waals surface area contributed by atoms with E-state index in [0.29, 0.717) is 25.6 Å². The van der Waals surface area contributed by atoms with E-state index in [0.717, 1.165) is 41.9 Å². The molecule has 1 amide bonds. The molecule has 206 valence electrons. The number of rotatable bonds is 10. The Balaban J connectivity index is 1.13. The maximum absolute atomic E-state index is 13.3. The Bertz CT molecular complexity index is 1410. The summed E-state index contributed by atoms with van der Waals surface area (Å²) in [6, 6.07) is 20.7. The molecule has 0 atom stereocenters. The van der Waals surface area contributed by atoms with Crippen molar-refractivity contribution in [1.82, 2.24) is 0 Å². The maximum atomic E-state index is 13.3.